The van der Waals surface area contributed by atoms with Crippen LogP contribution in [-0.4, -0.2) is 52.8 Å². The second kappa shape index (κ2) is 6.66. The fraction of sp³-hybridized carbons (Fsp3) is 0.294. The zero-order valence-corrected chi connectivity index (χ0v) is 14.7. The molecule has 1 N–H and O–H groups in total. The Morgan fingerprint density at radius 3 is 2.93 bits per heavy atom. The zero-order chi connectivity index (χ0) is 19.9. The summed E-state index contributed by atoms with van der Waals surface area (Å²) in [5.74, 6) is 0.857. The van der Waals surface area contributed by atoms with Crippen LogP contribution in [0.25, 0.3) is 0 Å². The van der Waals surface area contributed by atoms with Crippen molar-refractivity contribution >= 4 is 17.3 Å². The summed E-state index contributed by atoms with van der Waals surface area (Å²) in [7, 11) is 1.53. The van der Waals surface area contributed by atoms with Gasteiger partial charge in [0.25, 0.3) is 5.91 Å². The number of benzene rings is 1. The van der Waals surface area contributed by atoms with Crippen LogP contribution in [0.5, 0.6) is 5.75 Å². The fourth-order valence-electron chi connectivity index (χ4n) is 3.06. The number of alkyl halides is 3. The molecule has 146 valence electrons. The molecule has 0 atom stereocenters. The Kier molecular flexibility index (Phi) is 4.28. The Labute approximate surface area is 157 Å². The van der Waals surface area contributed by atoms with Crippen molar-refractivity contribution in [3.05, 3.63) is 47.8 Å². The predicted octanol–water partition coefficient (Wildman–Crippen LogP) is 1.74. The van der Waals surface area contributed by atoms with Crippen LogP contribution in [0, 0.1) is 0 Å². The summed E-state index contributed by atoms with van der Waals surface area (Å²) in [4.78, 5) is 22.1. The van der Waals surface area contributed by atoms with Crippen LogP contribution in [0.4, 0.5) is 18.9 Å². The average molecular weight is 392 g/mol. The summed E-state index contributed by atoms with van der Waals surface area (Å²) in [6.07, 6.45) is -1.63. The van der Waals surface area contributed by atoms with E-state index in [1.54, 1.807) is 29.2 Å². The first-order valence-electron chi connectivity index (χ1n) is 8.35. The number of nitrogens with zero attached hydrogens (tertiary/aromatic N) is 5. The van der Waals surface area contributed by atoms with E-state index < -0.39 is 12.7 Å². The van der Waals surface area contributed by atoms with Crippen LogP contribution in [0.3, 0.4) is 0 Å². The van der Waals surface area contributed by atoms with Crippen LogP contribution in [0.15, 0.2) is 41.4 Å². The lowest BCUT2D eigenvalue weighted by molar-refractivity contribution is -0.142. The number of carbonyl (C=O) groups excluding carboxylic acids is 1. The van der Waals surface area contributed by atoms with E-state index in [0.29, 0.717) is 28.5 Å². The van der Waals surface area contributed by atoms with Gasteiger partial charge in [-0.2, -0.15) is 18.3 Å². The van der Waals surface area contributed by atoms with Crippen LogP contribution < -0.4 is 15.0 Å². The number of anilines is 1. The largest absolute Gasteiger partial charge is 0.487 e. The van der Waals surface area contributed by atoms with Crippen LogP contribution >= 0.6 is 0 Å². The number of aliphatic imine (C=N–C) groups is 1. The molecule has 2 aliphatic rings. The molecule has 0 bridgehead atoms. The van der Waals surface area contributed by atoms with Crippen molar-refractivity contribution < 1.29 is 22.7 Å². The minimum absolute atomic E-state index is 0.0521. The Hall–Kier alpha value is -3.37. The molecule has 4 rings (SSSR count). The molecule has 0 saturated heterocycles. The molecule has 1 amide bonds. The highest BCUT2D eigenvalue weighted by molar-refractivity contribution is 6.05. The van der Waals surface area contributed by atoms with Gasteiger partial charge < -0.3 is 15.0 Å². The second-order valence-electron chi connectivity index (χ2n) is 6.14. The van der Waals surface area contributed by atoms with Crippen molar-refractivity contribution in [2.24, 2.45) is 4.99 Å². The Balaban J connectivity index is 1.69. The summed E-state index contributed by atoms with van der Waals surface area (Å²) < 4.78 is 44.8. The summed E-state index contributed by atoms with van der Waals surface area (Å²) >= 11 is 0. The fourth-order valence-corrected chi connectivity index (χ4v) is 3.06. The molecule has 0 aliphatic carbocycles. The van der Waals surface area contributed by atoms with Crippen molar-refractivity contribution in [2.45, 2.75) is 12.7 Å². The molecule has 1 aromatic carbocycles. The number of ether oxygens (including phenoxy) is 1. The first kappa shape index (κ1) is 18.0. The molecule has 0 radical (unpaired) electrons. The van der Waals surface area contributed by atoms with Gasteiger partial charge in [0.05, 0.1) is 12.2 Å². The van der Waals surface area contributed by atoms with Crippen molar-refractivity contribution in [3.8, 4) is 5.75 Å². The third kappa shape index (κ3) is 3.30. The molecular formula is C17H15F3N6O2. The number of halogens is 3. The van der Waals surface area contributed by atoms with Crippen LogP contribution in [0.2, 0.25) is 0 Å². The smallest absolute Gasteiger partial charge is 0.408 e. The highest BCUT2D eigenvalue weighted by atomic mass is 19.4. The number of rotatable bonds is 3. The lowest BCUT2D eigenvalue weighted by atomic mass is 10.1. The van der Waals surface area contributed by atoms with E-state index in [1.165, 1.54) is 7.05 Å². The third-order valence-corrected chi connectivity index (χ3v) is 4.28. The number of carbonyl (C=O) groups is 1. The minimum atomic E-state index is -4.42. The Morgan fingerprint density at radius 2 is 2.18 bits per heavy atom. The molecule has 28 heavy (non-hydrogen) atoms. The predicted molar refractivity (Wildman–Crippen MR) is 93.4 cm³/mol. The van der Waals surface area contributed by atoms with Gasteiger partial charge in [0.15, 0.2) is 5.82 Å². The van der Waals surface area contributed by atoms with Gasteiger partial charge >= 0.3 is 6.18 Å². The third-order valence-electron chi connectivity index (χ3n) is 4.28. The maximum Gasteiger partial charge on any atom is 0.408 e. The highest BCUT2D eigenvalue weighted by Crippen LogP contribution is 2.37. The minimum Gasteiger partial charge on any atom is -0.487 e. The zero-order valence-electron chi connectivity index (χ0n) is 14.7. The van der Waals surface area contributed by atoms with Gasteiger partial charge in [-0.05, 0) is 24.3 Å². The highest BCUT2D eigenvalue weighted by Gasteiger charge is 2.33. The monoisotopic (exact) mass is 392 g/mol. The molecular weight excluding hydrogens is 377 g/mol. The van der Waals surface area contributed by atoms with Crippen LogP contribution in [0.1, 0.15) is 16.2 Å². The summed E-state index contributed by atoms with van der Waals surface area (Å²) in [5, 5.41) is 6.22. The maximum atomic E-state index is 12.8. The number of fused-ring (bicyclic) bond motifs is 3. The van der Waals surface area contributed by atoms with E-state index in [2.05, 4.69) is 20.4 Å². The topological polar surface area (TPSA) is 84.6 Å². The lowest BCUT2D eigenvalue weighted by Gasteiger charge is -2.20. The Morgan fingerprint density at radius 1 is 1.36 bits per heavy atom. The number of amides is 1. The lowest BCUT2D eigenvalue weighted by Crippen LogP contribution is -2.27. The maximum absolute atomic E-state index is 12.8. The second-order valence-corrected chi connectivity index (χ2v) is 6.14. The van der Waals surface area contributed by atoms with E-state index in [0.717, 1.165) is 11.0 Å². The normalized spacial score (nSPS) is 15.8. The number of aromatic nitrogens is 3. The van der Waals surface area contributed by atoms with Gasteiger partial charge in [-0.25, -0.2) is 14.7 Å². The molecule has 0 saturated carbocycles. The van der Waals surface area contributed by atoms with E-state index in [4.69, 9.17) is 4.74 Å². The number of nitrogens with one attached hydrogen (secondary N) is 1. The molecule has 0 spiro atoms. The van der Waals surface area contributed by atoms with E-state index >= 15 is 0 Å². The van der Waals surface area contributed by atoms with Gasteiger partial charge in [0, 0.05) is 12.6 Å². The van der Waals surface area contributed by atoms with Gasteiger partial charge in [0.2, 0.25) is 0 Å². The molecule has 11 heteroatoms. The molecule has 0 fully saturated rings. The number of hydrogen-bond acceptors (Lipinski definition) is 6. The molecule has 3 heterocycles. The van der Waals surface area contributed by atoms with Crippen molar-refractivity contribution in [1.82, 2.24) is 20.1 Å². The molecule has 1 aromatic heterocycles. The van der Waals surface area contributed by atoms with E-state index in [9.17, 15) is 18.0 Å². The van der Waals surface area contributed by atoms with Gasteiger partial charge in [-0.15, -0.1) is 0 Å². The van der Waals surface area contributed by atoms with Gasteiger partial charge in [0.1, 0.15) is 36.8 Å². The molecule has 2 aliphatic heterocycles. The quantitative estimate of drug-likeness (QED) is 0.860. The molecule has 0 unspecified atom stereocenters. The first-order chi connectivity index (χ1) is 13.4. The van der Waals surface area contributed by atoms with Crippen molar-refractivity contribution in [2.75, 3.05) is 25.1 Å². The molecule has 2 aromatic rings. The first-order valence-corrected chi connectivity index (χ1v) is 8.35. The van der Waals surface area contributed by atoms with E-state index in [-0.39, 0.29) is 24.9 Å². The van der Waals surface area contributed by atoms with Crippen LogP contribution in [-0.2, 0) is 6.54 Å². The van der Waals surface area contributed by atoms with Gasteiger partial charge in [-0.1, -0.05) is 0 Å². The average Bonchev–Trinajstić information content (AvgIpc) is 3.23. The van der Waals surface area contributed by atoms with E-state index in [1.807, 2.05) is 0 Å². The van der Waals surface area contributed by atoms with Gasteiger partial charge in [-0.3, -0.25) is 4.79 Å². The Bertz CT molecular complexity index is 995. The summed E-state index contributed by atoms with van der Waals surface area (Å²) in [5.41, 5.74) is 1.39. The number of hydrogen-bond donors (Lipinski definition) is 1. The summed E-state index contributed by atoms with van der Waals surface area (Å²) in [6, 6.07) is 4.98. The van der Waals surface area contributed by atoms with Crippen molar-refractivity contribution in [3.63, 3.8) is 0 Å². The standard InChI is InChI=1S/C17H15F3N6O2/c1-21-16(27)10-2-3-13-12(6-10)25-7-11(24-14(25)4-5-28-13)15-22-9-23-26(15)8-17(18,19)20/h2-4,6,9H,5,7-8H2,1H3,(H,21,27). The molecule has 8 nitrogen and oxygen atoms in total. The summed E-state index contributed by atoms with van der Waals surface area (Å²) in [6.45, 7) is -0.832. The van der Waals surface area contributed by atoms with Crippen molar-refractivity contribution in [1.29, 1.82) is 0 Å². The SMILES string of the molecule is CNC(=O)c1ccc2c(c1)N1CC(c3ncnn3CC(F)(F)F)=NC1=CCO2.